The highest BCUT2D eigenvalue weighted by Crippen LogP contribution is 2.36. The number of benzene rings is 2. The number of aromatic amines is 2. The summed E-state index contributed by atoms with van der Waals surface area (Å²) in [6, 6.07) is 14.5. The number of nitrogens with one attached hydrogen (secondary N) is 2. The van der Waals surface area contributed by atoms with E-state index in [1.54, 1.807) is 38.5 Å². The molecule has 0 saturated heterocycles. The minimum atomic E-state index is -0.727. The van der Waals surface area contributed by atoms with E-state index in [-0.39, 0.29) is 0 Å². The number of H-pyrrole nitrogens is 2. The summed E-state index contributed by atoms with van der Waals surface area (Å²) in [5.74, 6) is 1.16. The van der Waals surface area contributed by atoms with Gasteiger partial charge in [-0.2, -0.15) is 0 Å². The first-order chi connectivity index (χ1) is 11.7. The highest BCUT2D eigenvalue weighted by Gasteiger charge is 2.17. The van der Waals surface area contributed by atoms with Gasteiger partial charge in [0.2, 0.25) is 0 Å². The van der Waals surface area contributed by atoms with Gasteiger partial charge < -0.3 is 19.4 Å². The quantitative estimate of drug-likeness (QED) is 0.722. The Morgan fingerprint density at radius 2 is 1.04 bits per heavy atom. The summed E-state index contributed by atoms with van der Waals surface area (Å²) in [5, 5.41) is 0. The maximum atomic E-state index is 11.9. The van der Waals surface area contributed by atoms with Gasteiger partial charge >= 0.3 is 11.1 Å². The van der Waals surface area contributed by atoms with Gasteiger partial charge in [0.15, 0.2) is 0 Å². The molecular weight excluding hydrogens is 308 g/mol. The van der Waals surface area contributed by atoms with Gasteiger partial charge in [-0.05, 0) is 24.3 Å². The van der Waals surface area contributed by atoms with Crippen molar-refractivity contribution < 1.29 is 9.47 Å². The van der Waals surface area contributed by atoms with Crippen LogP contribution < -0.4 is 20.6 Å². The summed E-state index contributed by atoms with van der Waals surface area (Å²) in [7, 11) is 3.09. The Labute approximate surface area is 137 Å². The zero-order valence-corrected chi connectivity index (χ0v) is 13.3. The van der Waals surface area contributed by atoms with Crippen LogP contribution >= 0.6 is 0 Å². The molecule has 2 aromatic carbocycles. The molecule has 1 aromatic heterocycles. The van der Waals surface area contributed by atoms with Crippen LogP contribution in [0.3, 0.4) is 0 Å². The minimum absolute atomic E-state index is 0.460. The van der Waals surface area contributed by atoms with Gasteiger partial charge in [0.25, 0.3) is 0 Å². The molecular formula is C18H16N2O4. The summed E-state index contributed by atoms with van der Waals surface area (Å²) >= 11 is 0. The van der Waals surface area contributed by atoms with Crippen molar-refractivity contribution in [2.45, 2.75) is 0 Å². The number of methoxy groups -OCH3 is 2. The standard InChI is InChI=1S/C18H16N2O4/c1-23-13-9-5-3-7-11(13)15-16(20-18(22)17(21)19-15)12-8-4-6-10-14(12)24-2/h3-10H,1-2H3,(H,19,21)(H,20,22). The average molecular weight is 324 g/mol. The summed E-state index contributed by atoms with van der Waals surface area (Å²) in [6.45, 7) is 0. The SMILES string of the molecule is COc1ccccc1-c1[nH]c(=O)c(=O)[nH]c1-c1ccccc1OC. The van der Waals surface area contributed by atoms with E-state index in [0.29, 0.717) is 34.0 Å². The second kappa shape index (κ2) is 6.45. The molecule has 0 fully saturated rings. The average Bonchev–Trinajstić information content (AvgIpc) is 2.63. The van der Waals surface area contributed by atoms with Gasteiger partial charge in [0.1, 0.15) is 11.5 Å². The van der Waals surface area contributed by atoms with Crippen molar-refractivity contribution in [3.8, 4) is 34.0 Å². The number of rotatable bonds is 4. The Morgan fingerprint density at radius 1 is 0.667 bits per heavy atom. The molecule has 6 nitrogen and oxygen atoms in total. The lowest BCUT2D eigenvalue weighted by Gasteiger charge is -2.14. The third-order valence-corrected chi connectivity index (χ3v) is 3.69. The van der Waals surface area contributed by atoms with Crippen LogP contribution in [0.1, 0.15) is 0 Å². The first-order valence-electron chi connectivity index (χ1n) is 7.29. The van der Waals surface area contributed by atoms with Crippen molar-refractivity contribution >= 4 is 0 Å². The molecule has 0 bridgehead atoms. The maximum absolute atomic E-state index is 11.9. The van der Waals surface area contributed by atoms with Crippen LogP contribution in [-0.2, 0) is 0 Å². The molecule has 0 aliphatic heterocycles. The van der Waals surface area contributed by atoms with Crippen LogP contribution in [0, 0.1) is 0 Å². The normalized spacial score (nSPS) is 10.4. The van der Waals surface area contributed by atoms with Crippen LogP contribution in [0.15, 0.2) is 58.1 Å². The van der Waals surface area contributed by atoms with E-state index in [9.17, 15) is 9.59 Å². The van der Waals surface area contributed by atoms with Gasteiger partial charge in [-0.1, -0.05) is 24.3 Å². The van der Waals surface area contributed by atoms with E-state index in [0.717, 1.165) is 0 Å². The largest absolute Gasteiger partial charge is 0.496 e. The van der Waals surface area contributed by atoms with E-state index in [1.165, 1.54) is 0 Å². The molecule has 24 heavy (non-hydrogen) atoms. The number of aromatic nitrogens is 2. The Hall–Kier alpha value is -3.28. The molecule has 3 rings (SSSR count). The van der Waals surface area contributed by atoms with Gasteiger partial charge in [0, 0.05) is 11.1 Å². The molecule has 0 aliphatic carbocycles. The van der Waals surface area contributed by atoms with Crippen molar-refractivity contribution in [1.29, 1.82) is 0 Å². The molecule has 0 spiro atoms. The summed E-state index contributed by atoms with van der Waals surface area (Å²) in [4.78, 5) is 29.1. The maximum Gasteiger partial charge on any atom is 0.314 e. The van der Waals surface area contributed by atoms with Crippen LogP contribution in [0.4, 0.5) is 0 Å². The fraction of sp³-hybridized carbons (Fsp3) is 0.111. The molecule has 3 aromatic rings. The highest BCUT2D eigenvalue weighted by atomic mass is 16.5. The first kappa shape index (κ1) is 15.6. The predicted molar refractivity (Wildman–Crippen MR) is 91.7 cm³/mol. The predicted octanol–water partition coefficient (Wildman–Crippen LogP) is 2.41. The Balaban J connectivity index is 2.37. The van der Waals surface area contributed by atoms with E-state index < -0.39 is 11.1 Å². The Kier molecular flexibility index (Phi) is 4.20. The molecule has 6 heteroatoms. The fourth-order valence-corrected chi connectivity index (χ4v) is 2.57. The van der Waals surface area contributed by atoms with Crippen LogP contribution in [0.2, 0.25) is 0 Å². The molecule has 0 unspecified atom stereocenters. The molecule has 122 valence electrons. The van der Waals surface area contributed by atoms with Crippen molar-refractivity contribution in [1.82, 2.24) is 9.97 Å². The molecule has 0 radical (unpaired) electrons. The van der Waals surface area contributed by atoms with Crippen molar-refractivity contribution in [2.24, 2.45) is 0 Å². The third kappa shape index (κ3) is 2.69. The number of para-hydroxylation sites is 2. The number of hydrogen-bond donors (Lipinski definition) is 2. The van der Waals surface area contributed by atoms with Gasteiger partial charge in [-0.3, -0.25) is 9.59 Å². The third-order valence-electron chi connectivity index (χ3n) is 3.69. The molecule has 0 aliphatic rings. The fourth-order valence-electron chi connectivity index (χ4n) is 2.57. The summed E-state index contributed by atoms with van der Waals surface area (Å²) in [6.07, 6.45) is 0. The Morgan fingerprint density at radius 3 is 1.42 bits per heavy atom. The van der Waals surface area contributed by atoms with Crippen LogP contribution in [0.5, 0.6) is 11.5 Å². The number of ether oxygens (including phenoxy) is 2. The van der Waals surface area contributed by atoms with E-state index in [1.807, 2.05) is 24.3 Å². The zero-order valence-electron chi connectivity index (χ0n) is 13.3. The van der Waals surface area contributed by atoms with Crippen LogP contribution in [0.25, 0.3) is 22.5 Å². The number of hydrogen-bond acceptors (Lipinski definition) is 4. The van der Waals surface area contributed by atoms with Gasteiger partial charge in [-0.15, -0.1) is 0 Å². The topological polar surface area (TPSA) is 84.2 Å². The van der Waals surface area contributed by atoms with Gasteiger partial charge in [-0.25, -0.2) is 0 Å². The van der Waals surface area contributed by atoms with E-state index in [2.05, 4.69) is 9.97 Å². The molecule has 2 N–H and O–H groups in total. The van der Waals surface area contributed by atoms with Crippen molar-refractivity contribution in [3.05, 3.63) is 69.2 Å². The lowest BCUT2D eigenvalue weighted by Crippen LogP contribution is -2.30. The first-order valence-corrected chi connectivity index (χ1v) is 7.29. The summed E-state index contributed by atoms with van der Waals surface area (Å²) in [5.41, 5.74) is 0.788. The second-order valence-electron chi connectivity index (χ2n) is 5.06. The second-order valence-corrected chi connectivity index (χ2v) is 5.06. The lowest BCUT2D eigenvalue weighted by atomic mass is 10.0. The van der Waals surface area contributed by atoms with E-state index in [4.69, 9.17) is 9.47 Å². The molecule has 1 heterocycles. The molecule has 0 saturated carbocycles. The Bertz CT molecular complexity index is 908. The zero-order chi connectivity index (χ0) is 17.1. The monoisotopic (exact) mass is 324 g/mol. The van der Waals surface area contributed by atoms with Crippen molar-refractivity contribution in [3.63, 3.8) is 0 Å². The molecule has 0 amide bonds. The minimum Gasteiger partial charge on any atom is -0.496 e. The van der Waals surface area contributed by atoms with Crippen molar-refractivity contribution in [2.75, 3.05) is 14.2 Å². The highest BCUT2D eigenvalue weighted by molar-refractivity contribution is 5.83. The van der Waals surface area contributed by atoms with Crippen LogP contribution in [-0.4, -0.2) is 24.2 Å². The smallest absolute Gasteiger partial charge is 0.314 e. The van der Waals surface area contributed by atoms with E-state index >= 15 is 0 Å². The lowest BCUT2D eigenvalue weighted by molar-refractivity contribution is 0.415. The summed E-state index contributed by atoms with van der Waals surface area (Å²) < 4.78 is 10.7. The van der Waals surface area contributed by atoms with Gasteiger partial charge in [0.05, 0.1) is 25.6 Å². The molecule has 0 atom stereocenters.